The first-order valence-corrected chi connectivity index (χ1v) is 5.60. The van der Waals surface area contributed by atoms with Gasteiger partial charge in [-0.3, -0.25) is 4.79 Å². The standard InChI is InChI=1S/C10H14N2O.C2HF3O2/c1-2-12-10(13)9-6-4-3-5-8(9)7-11;3-2(4,5)1(6)7/h3-6H,2,7,11H2,1H3,(H,12,13);(H,6,7). The number of alkyl halides is 3. The summed E-state index contributed by atoms with van der Waals surface area (Å²) in [6, 6.07) is 7.37. The number of aliphatic carboxylic acids is 1. The van der Waals surface area contributed by atoms with Crippen LogP contribution in [0.4, 0.5) is 13.2 Å². The van der Waals surface area contributed by atoms with Crippen LogP contribution in [-0.2, 0) is 11.3 Å². The third-order valence-electron chi connectivity index (χ3n) is 2.06. The second-order valence-corrected chi connectivity index (χ2v) is 3.52. The number of nitrogens with two attached hydrogens (primary N) is 1. The average Bonchev–Trinajstić information content (AvgIpc) is 2.38. The Morgan fingerprint density at radius 1 is 1.30 bits per heavy atom. The molecular weight excluding hydrogens is 277 g/mol. The van der Waals surface area contributed by atoms with Crippen LogP contribution in [0.2, 0.25) is 0 Å². The lowest BCUT2D eigenvalue weighted by Crippen LogP contribution is -2.24. The van der Waals surface area contributed by atoms with Crippen molar-refractivity contribution in [3.8, 4) is 0 Å². The largest absolute Gasteiger partial charge is 0.490 e. The summed E-state index contributed by atoms with van der Waals surface area (Å²) < 4.78 is 31.7. The van der Waals surface area contributed by atoms with Gasteiger partial charge in [-0.2, -0.15) is 13.2 Å². The number of carbonyl (C=O) groups excluding carboxylic acids is 1. The molecule has 1 aromatic carbocycles. The van der Waals surface area contributed by atoms with Crippen LogP contribution in [0.15, 0.2) is 24.3 Å². The summed E-state index contributed by atoms with van der Waals surface area (Å²) in [5.41, 5.74) is 7.06. The lowest BCUT2D eigenvalue weighted by molar-refractivity contribution is -0.192. The molecule has 0 unspecified atom stereocenters. The van der Waals surface area contributed by atoms with Crippen molar-refractivity contribution in [2.75, 3.05) is 6.54 Å². The SMILES string of the molecule is CCNC(=O)c1ccccc1CN.O=C(O)C(F)(F)F. The predicted octanol–water partition coefficient (Wildman–Crippen LogP) is 1.53. The number of nitrogens with one attached hydrogen (secondary N) is 1. The van der Waals surface area contributed by atoms with Gasteiger partial charge in [0.25, 0.3) is 5.91 Å². The van der Waals surface area contributed by atoms with Gasteiger partial charge in [0.1, 0.15) is 0 Å². The van der Waals surface area contributed by atoms with Crippen molar-refractivity contribution < 1.29 is 27.9 Å². The van der Waals surface area contributed by atoms with E-state index in [1.54, 1.807) is 6.07 Å². The van der Waals surface area contributed by atoms with Crippen LogP contribution >= 0.6 is 0 Å². The van der Waals surface area contributed by atoms with Gasteiger partial charge in [-0.05, 0) is 18.6 Å². The number of hydrogen-bond acceptors (Lipinski definition) is 3. The van der Waals surface area contributed by atoms with Crippen molar-refractivity contribution in [2.24, 2.45) is 5.73 Å². The molecule has 8 heteroatoms. The minimum absolute atomic E-state index is 0.0523. The molecule has 1 aromatic rings. The van der Waals surface area contributed by atoms with Crippen molar-refractivity contribution in [3.05, 3.63) is 35.4 Å². The molecule has 0 bridgehead atoms. The molecule has 1 amide bonds. The van der Waals surface area contributed by atoms with E-state index < -0.39 is 12.1 Å². The van der Waals surface area contributed by atoms with E-state index in [0.29, 0.717) is 18.7 Å². The maximum atomic E-state index is 11.5. The Hall–Kier alpha value is -2.09. The number of rotatable bonds is 3. The molecule has 0 aromatic heterocycles. The Morgan fingerprint density at radius 3 is 2.20 bits per heavy atom. The molecule has 0 fully saturated rings. The fraction of sp³-hybridized carbons (Fsp3) is 0.333. The highest BCUT2D eigenvalue weighted by atomic mass is 19.4. The van der Waals surface area contributed by atoms with E-state index in [-0.39, 0.29) is 5.91 Å². The first-order valence-electron chi connectivity index (χ1n) is 5.60. The second-order valence-electron chi connectivity index (χ2n) is 3.52. The van der Waals surface area contributed by atoms with Gasteiger partial charge in [0.15, 0.2) is 0 Å². The number of carboxylic acids is 1. The Balaban J connectivity index is 0.000000441. The number of benzene rings is 1. The molecule has 0 saturated heterocycles. The number of amides is 1. The van der Waals surface area contributed by atoms with E-state index in [4.69, 9.17) is 15.6 Å². The summed E-state index contributed by atoms with van der Waals surface area (Å²) >= 11 is 0. The monoisotopic (exact) mass is 292 g/mol. The lowest BCUT2D eigenvalue weighted by atomic mass is 10.1. The molecular formula is C12H15F3N2O3. The molecule has 0 atom stereocenters. The molecule has 0 radical (unpaired) electrons. The van der Waals surface area contributed by atoms with E-state index >= 15 is 0 Å². The Labute approximate surface area is 113 Å². The van der Waals surface area contributed by atoms with E-state index in [1.807, 2.05) is 25.1 Å². The average molecular weight is 292 g/mol. The normalized spacial score (nSPS) is 10.2. The Morgan fingerprint density at radius 2 is 1.80 bits per heavy atom. The van der Waals surface area contributed by atoms with Crippen molar-refractivity contribution in [3.63, 3.8) is 0 Å². The Bertz CT molecular complexity index is 462. The van der Waals surface area contributed by atoms with Gasteiger partial charge >= 0.3 is 12.1 Å². The van der Waals surface area contributed by atoms with Gasteiger partial charge in [-0.15, -0.1) is 0 Å². The van der Waals surface area contributed by atoms with E-state index in [0.717, 1.165) is 5.56 Å². The highest BCUT2D eigenvalue weighted by Crippen LogP contribution is 2.13. The zero-order valence-electron chi connectivity index (χ0n) is 10.7. The summed E-state index contributed by atoms with van der Waals surface area (Å²) in [5, 5.41) is 9.87. The maximum absolute atomic E-state index is 11.5. The summed E-state index contributed by atoms with van der Waals surface area (Å²) in [6.07, 6.45) is -5.08. The van der Waals surface area contributed by atoms with Crippen LogP contribution in [-0.4, -0.2) is 29.7 Å². The van der Waals surface area contributed by atoms with Crippen molar-refractivity contribution in [1.29, 1.82) is 0 Å². The highest BCUT2D eigenvalue weighted by molar-refractivity contribution is 5.95. The van der Waals surface area contributed by atoms with Crippen LogP contribution < -0.4 is 11.1 Å². The lowest BCUT2D eigenvalue weighted by Gasteiger charge is -2.06. The zero-order chi connectivity index (χ0) is 15.8. The van der Waals surface area contributed by atoms with E-state index in [1.165, 1.54) is 0 Å². The fourth-order valence-electron chi connectivity index (χ4n) is 1.18. The molecule has 0 saturated carbocycles. The van der Waals surface area contributed by atoms with Crippen molar-refractivity contribution in [2.45, 2.75) is 19.6 Å². The summed E-state index contributed by atoms with van der Waals surface area (Å²) in [6.45, 7) is 2.92. The smallest absolute Gasteiger partial charge is 0.475 e. The van der Waals surface area contributed by atoms with Crippen LogP contribution in [0, 0.1) is 0 Å². The van der Waals surface area contributed by atoms with Gasteiger partial charge in [0.05, 0.1) is 0 Å². The molecule has 0 aliphatic rings. The quantitative estimate of drug-likeness (QED) is 0.787. The molecule has 0 aliphatic carbocycles. The summed E-state index contributed by atoms with van der Waals surface area (Å²) in [5.74, 6) is -2.81. The van der Waals surface area contributed by atoms with Crippen LogP contribution in [0.3, 0.4) is 0 Å². The third kappa shape index (κ3) is 6.19. The van der Waals surface area contributed by atoms with E-state index in [9.17, 15) is 18.0 Å². The van der Waals surface area contributed by atoms with Crippen LogP contribution in [0.5, 0.6) is 0 Å². The van der Waals surface area contributed by atoms with Crippen LogP contribution in [0.25, 0.3) is 0 Å². The fourth-order valence-corrected chi connectivity index (χ4v) is 1.18. The van der Waals surface area contributed by atoms with Crippen molar-refractivity contribution >= 4 is 11.9 Å². The number of hydrogen-bond donors (Lipinski definition) is 3. The minimum atomic E-state index is -5.08. The summed E-state index contributed by atoms with van der Waals surface area (Å²) in [7, 11) is 0. The number of carbonyl (C=O) groups is 2. The van der Waals surface area contributed by atoms with Crippen molar-refractivity contribution in [1.82, 2.24) is 5.32 Å². The van der Waals surface area contributed by atoms with Gasteiger partial charge in [0, 0.05) is 18.7 Å². The van der Waals surface area contributed by atoms with Crippen LogP contribution in [0.1, 0.15) is 22.8 Å². The van der Waals surface area contributed by atoms with Gasteiger partial charge < -0.3 is 16.2 Å². The molecule has 5 nitrogen and oxygen atoms in total. The second kappa shape index (κ2) is 8.16. The zero-order valence-corrected chi connectivity index (χ0v) is 10.7. The third-order valence-corrected chi connectivity index (χ3v) is 2.06. The van der Waals surface area contributed by atoms with Gasteiger partial charge in [-0.1, -0.05) is 18.2 Å². The first-order chi connectivity index (χ1) is 9.23. The van der Waals surface area contributed by atoms with Gasteiger partial charge in [-0.25, -0.2) is 4.79 Å². The molecule has 1 rings (SSSR count). The van der Waals surface area contributed by atoms with E-state index in [2.05, 4.69) is 5.32 Å². The maximum Gasteiger partial charge on any atom is 0.490 e. The minimum Gasteiger partial charge on any atom is -0.475 e. The number of halogens is 3. The van der Waals surface area contributed by atoms with Gasteiger partial charge in [0.2, 0.25) is 0 Å². The first kappa shape index (κ1) is 17.9. The molecule has 20 heavy (non-hydrogen) atoms. The molecule has 0 aliphatic heterocycles. The number of carboxylic acid groups (broad SMARTS) is 1. The predicted molar refractivity (Wildman–Crippen MR) is 66.0 cm³/mol. The summed E-state index contributed by atoms with van der Waals surface area (Å²) in [4.78, 5) is 20.4. The highest BCUT2D eigenvalue weighted by Gasteiger charge is 2.38. The molecule has 112 valence electrons. The molecule has 0 spiro atoms. The topological polar surface area (TPSA) is 92.4 Å². The Kier molecular flexibility index (Phi) is 7.30. The molecule has 4 N–H and O–H groups in total. The molecule has 0 heterocycles.